The maximum atomic E-state index is 5.51. The van der Waals surface area contributed by atoms with Crippen molar-refractivity contribution < 1.29 is 13.3 Å². The number of rotatable bonds is 7. The predicted octanol–water partition coefficient (Wildman–Crippen LogP) is 1.57. The second-order valence-electron chi connectivity index (χ2n) is 2.23. The molecule has 0 fully saturated rings. The van der Waals surface area contributed by atoms with Gasteiger partial charge in [-0.25, -0.2) is 0 Å². The maximum absolute atomic E-state index is 5.51. The van der Waals surface area contributed by atoms with Gasteiger partial charge in [0.2, 0.25) is 0 Å². The van der Waals surface area contributed by atoms with Crippen LogP contribution in [-0.2, 0) is 13.3 Å². The minimum Gasteiger partial charge on any atom is -0.377 e. The lowest BCUT2D eigenvalue weighted by atomic mass is 10.9. The lowest BCUT2D eigenvalue weighted by Crippen LogP contribution is -2.45. The van der Waals surface area contributed by atoms with Crippen molar-refractivity contribution in [3.8, 4) is 0 Å². The highest BCUT2D eigenvalue weighted by atomic mass is 32.1. The van der Waals surface area contributed by atoms with Crippen molar-refractivity contribution in [3.05, 3.63) is 0 Å². The van der Waals surface area contributed by atoms with E-state index in [0.717, 1.165) is 11.8 Å². The molecule has 0 bridgehead atoms. The minimum absolute atomic E-state index is 0.633. The molecule has 74 valence electrons. The average Bonchev–Trinajstić information content (AvgIpc) is 2.06. The molecule has 0 heterocycles. The molecule has 0 amide bonds. The highest BCUT2D eigenvalue weighted by molar-refractivity contribution is 7.80. The molecule has 0 aromatic carbocycles. The third-order valence-corrected chi connectivity index (χ3v) is 5.04. The molecule has 0 atom stereocenters. The van der Waals surface area contributed by atoms with Crippen LogP contribution in [0.15, 0.2) is 0 Å². The molecule has 0 rings (SSSR count). The van der Waals surface area contributed by atoms with Gasteiger partial charge in [-0.15, -0.1) is 0 Å². The van der Waals surface area contributed by atoms with Gasteiger partial charge in [0, 0.05) is 26.4 Å². The quantitative estimate of drug-likeness (QED) is 0.511. The van der Waals surface area contributed by atoms with Crippen molar-refractivity contribution in [2.24, 2.45) is 0 Å². The first-order chi connectivity index (χ1) is 5.74. The molecule has 0 aromatic rings. The number of thiol groups is 1. The van der Waals surface area contributed by atoms with Crippen molar-refractivity contribution in [2.45, 2.75) is 19.9 Å². The first-order valence-corrected chi connectivity index (χ1v) is 6.75. The molecule has 0 N–H and O–H groups in total. The van der Waals surface area contributed by atoms with Crippen LogP contribution in [0.2, 0.25) is 6.04 Å². The van der Waals surface area contributed by atoms with Gasteiger partial charge in [-0.1, -0.05) is 0 Å². The summed E-state index contributed by atoms with van der Waals surface area (Å²) < 4.78 is 16.3. The molecule has 0 radical (unpaired) electrons. The van der Waals surface area contributed by atoms with E-state index in [-0.39, 0.29) is 0 Å². The van der Waals surface area contributed by atoms with Crippen molar-refractivity contribution in [3.63, 3.8) is 0 Å². The lowest BCUT2D eigenvalue weighted by molar-refractivity contribution is 0.0883. The van der Waals surface area contributed by atoms with Gasteiger partial charge in [-0.05, 0) is 19.6 Å². The van der Waals surface area contributed by atoms with Crippen LogP contribution in [0.3, 0.4) is 0 Å². The molecule has 0 saturated heterocycles. The van der Waals surface area contributed by atoms with Crippen molar-refractivity contribution in [2.75, 3.05) is 26.1 Å². The van der Waals surface area contributed by atoms with E-state index in [1.54, 1.807) is 7.11 Å². The summed E-state index contributed by atoms with van der Waals surface area (Å²) in [6, 6.07) is 0.772. The van der Waals surface area contributed by atoms with E-state index in [1.807, 2.05) is 13.8 Å². The summed E-state index contributed by atoms with van der Waals surface area (Å²) in [5.41, 5.74) is 0. The molecule has 0 unspecified atom stereocenters. The highest BCUT2D eigenvalue weighted by Crippen LogP contribution is 2.14. The summed E-state index contributed by atoms with van der Waals surface area (Å²) >= 11 is 4.15. The first-order valence-electron chi connectivity index (χ1n) is 4.18. The zero-order chi connectivity index (χ0) is 9.45. The van der Waals surface area contributed by atoms with Crippen molar-refractivity contribution in [1.29, 1.82) is 0 Å². The lowest BCUT2D eigenvalue weighted by Gasteiger charge is -2.26. The topological polar surface area (TPSA) is 27.7 Å². The summed E-state index contributed by atoms with van der Waals surface area (Å²) in [6.07, 6.45) is 0. The standard InChI is InChI=1S/C7H18O3SSi/c1-4-9-12(8-3,7-6-11)10-5-2/h11H,4-7H2,1-3H3. The SMILES string of the molecule is CCO[Si](CCS)(OC)OCC. The molecule has 0 saturated carbocycles. The Labute approximate surface area is 81.2 Å². The summed E-state index contributed by atoms with van der Waals surface area (Å²) in [7, 11) is -0.706. The van der Waals surface area contributed by atoms with Crippen LogP contribution in [0.25, 0.3) is 0 Å². The fourth-order valence-electron chi connectivity index (χ4n) is 0.983. The molecular weight excluding hydrogens is 192 g/mol. The van der Waals surface area contributed by atoms with Crippen molar-refractivity contribution >= 4 is 21.4 Å². The molecular formula is C7H18O3SSi. The Hall–Kier alpha value is 0.447. The Balaban J connectivity index is 4.06. The normalized spacial score (nSPS) is 12.0. The minimum atomic E-state index is -2.35. The van der Waals surface area contributed by atoms with E-state index in [2.05, 4.69) is 12.6 Å². The van der Waals surface area contributed by atoms with Gasteiger partial charge in [-0.2, -0.15) is 12.6 Å². The molecule has 0 spiro atoms. The molecule has 0 aromatic heterocycles. The van der Waals surface area contributed by atoms with Crippen LogP contribution < -0.4 is 0 Å². The van der Waals surface area contributed by atoms with Crippen LogP contribution in [0.4, 0.5) is 0 Å². The molecule has 12 heavy (non-hydrogen) atoms. The monoisotopic (exact) mass is 210 g/mol. The van der Waals surface area contributed by atoms with Crippen LogP contribution >= 0.6 is 12.6 Å². The summed E-state index contributed by atoms with van der Waals surface area (Å²) in [4.78, 5) is 0. The maximum Gasteiger partial charge on any atom is 0.501 e. The summed E-state index contributed by atoms with van der Waals surface area (Å²) in [5.74, 6) is 0.736. The van der Waals surface area contributed by atoms with Gasteiger partial charge in [-0.3, -0.25) is 0 Å². The number of hydrogen-bond acceptors (Lipinski definition) is 4. The largest absolute Gasteiger partial charge is 0.501 e. The molecule has 0 aliphatic heterocycles. The Bertz CT molecular complexity index is 95.8. The van der Waals surface area contributed by atoms with Crippen LogP contribution in [0, 0.1) is 0 Å². The van der Waals surface area contributed by atoms with Crippen LogP contribution in [0.1, 0.15) is 13.8 Å². The van der Waals surface area contributed by atoms with E-state index >= 15 is 0 Å². The third-order valence-electron chi connectivity index (χ3n) is 1.46. The van der Waals surface area contributed by atoms with Gasteiger partial charge in [0.1, 0.15) is 0 Å². The van der Waals surface area contributed by atoms with E-state index in [9.17, 15) is 0 Å². The fraction of sp³-hybridized carbons (Fsp3) is 1.00. The Morgan fingerprint density at radius 3 is 1.92 bits per heavy atom. The zero-order valence-electron chi connectivity index (χ0n) is 8.00. The zero-order valence-corrected chi connectivity index (χ0v) is 9.89. The van der Waals surface area contributed by atoms with E-state index in [0.29, 0.717) is 13.2 Å². The smallest absolute Gasteiger partial charge is 0.377 e. The Kier molecular flexibility index (Phi) is 7.17. The molecule has 0 aliphatic carbocycles. The van der Waals surface area contributed by atoms with Crippen LogP contribution in [0.5, 0.6) is 0 Å². The van der Waals surface area contributed by atoms with Gasteiger partial charge < -0.3 is 13.3 Å². The Morgan fingerprint density at radius 1 is 1.17 bits per heavy atom. The van der Waals surface area contributed by atoms with Gasteiger partial charge in [0.05, 0.1) is 0 Å². The molecule has 5 heteroatoms. The third kappa shape index (κ3) is 3.91. The van der Waals surface area contributed by atoms with Gasteiger partial charge in [0.25, 0.3) is 0 Å². The summed E-state index contributed by atoms with van der Waals surface area (Å²) in [5, 5.41) is 0. The van der Waals surface area contributed by atoms with Crippen LogP contribution in [-0.4, -0.2) is 34.9 Å². The number of hydrogen-bond donors (Lipinski definition) is 1. The highest BCUT2D eigenvalue weighted by Gasteiger charge is 2.38. The summed E-state index contributed by atoms with van der Waals surface area (Å²) in [6.45, 7) is 5.15. The van der Waals surface area contributed by atoms with Crippen molar-refractivity contribution in [1.82, 2.24) is 0 Å². The molecule has 3 nitrogen and oxygen atoms in total. The second kappa shape index (κ2) is 6.91. The van der Waals surface area contributed by atoms with E-state index < -0.39 is 8.80 Å². The Morgan fingerprint density at radius 2 is 1.67 bits per heavy atom. The second-order valence-corrected chi connectivity index (χ2v) is 5.53. The molecule has 0 aliphatic rings. The van der Waals surface area contributed by atoms with Gasteiger partial charge in [0.15, 0.2) is 0 Å². The van der Waals surface area contributed by atoms with E-state index in [1.165, 1.54) is 0 Å². The first kappa shape index (κ1) is 12.4. The van der Waals surface area contributed by atoms with E-state index in [4.69, 9.17) is 13.3 Å². The fourth-order valence-corrected chi connectivity index (χ4v) is 3.77. The van der Waals surface area contributed by atoms with Gasteiger partial charge >= 0.3 is 8.80 Å². The predicted molar refractivity (Wildman–Crippen MR) is 54.7 cm³/mol. The average molecular weight is 210 g/mol.